The Morgan fingerprint density at radius 1 is 1.39 bits per heavy atom. The second-order valence-corrected chi connectivity index (χ2v) is 4.05. The van der Waals surface area contributed by atoms with Gasteiger partial charge in [0.1, 0.15) is 5.75 Å². The Bertz CT molecular complexity index is 470. The number of carbonyl (C=O) groups is 2. The normalized spacial score (nSPS) is 12.5. The van der Waals surface area contributed by atoms with E-state index >= 15 is 0 Å². The van der Waals surface area contributed by atoms with E-state index in [0.717, 1.165) is 23.4 Å². The van der Waals surface area contributed by atoms with Gasteiger partial charge in [-0.1, -0.05) is 0 Å². The molecule has 0 saturated heterocycles. The average Bonchev–Trinajstić information content (AvgIpc) is 2.83. The molecule has 96 valence electrons. The van der Waals surface area contributed by atoms with Gasteiger partial charge >= 0.3 is 5.97 Å². The molecule has 0 atom stereocenters. The van der Waals surface area contributed by atoms with Crippen LogP contribution in [0.5, 0.6) is 5.75 Å². The number of hydrogen-bond donors (Lipinski definition) is 1. The van der Waals surface area contributed by atoms with Gasteiger partial charge in [0.2, 0.25) is 5.91 Å². The molecule has 1 aliphatic heterocycles. The van der Waals surface area contributed by atoms with Crippen molar-refractivity contribution in [1.29, 1.82) is 0 Å². The molecule has 2 rings (SSSR count). The van der Waals surface area contributed by atoms with Crippen LogP contribution in [-0.2, 0) is 20.7 Å². The number of amides is 1. The van der Waals surface area contributed by atoms with Gasteiger partial charge in [-0.25, -0.2) is 0 Å². The molecule has 0 bridgehead atoms. The lowest BCUT2D eigenvalue weighted by Gasteiger charge is -2.06. The van der Waals surface area contributed by atoms with Crippen molar-refractivity contribution in [3.8, 4) is 5.75 Å². The summed E-state index contributed by atoms with van der Waals surface area (Å²) in [4.78, 5) is 22.5. The first-order valence-corrected chi connectivity index (χ1v) is 5.81. The van der Waals surface area contributed by atoms with E-state index in [0.29, 0.717) is 6.61 Å². The number of carbonyl (C=O) groups excluding carboxylic acids is 2. The number of anilines is 1. The van der Waals surface area contributed by atoms with Gasteiger partial charge in [0.05, 0.1) is 20.1 Å². The third kappa shape index (κ3) is 3.00. The molecule has 1 aliphatic rings. The minimum absolute atomic E-state index is 0.0936. The highest BCUT2D eigenvalue weighted by molar-refractivity contribution is 5.92. The van der Waals surface area contributed by atoms with Crippen molar-refractivity contribution in [2.75, 3.05) is 19.0 Å². The Morgan fingerprint density at radius 3 is 3.00 bits per heavy atom. The van der Waals surface area contributed by atoms with Gasteiger partial charge in [0.25, 0.3) is 0 Å². The number of esters is 1. The molecule has 0 spiro atoms. The van der Waals surface area contributed by atoms with Crippen LogP contribution in [0.15, 0.2) is 18.2 Å². The van der Waals surface area contributed by atoms with Crippen molar-refractivity contribution in [3.63, 3.8) is 0 Å². The Labute approximate surface area is 105 Å². The molecule has 1 heterocycles. The molecule has 0 saturated carbocycles. The van der Waals surface area contributed by atoms with Crippen molar-refractivity contribution in [2.45, 2.75) is 19.3 Å². The van der Waals surface area contributed by atoms with E-state index in [1.807, 2.05) is 12.1 Å². The summed E-state index contributed by atoms with van der Waals surface area (Å²) < 4.78 is 9.85. The third-order valence-corrected chi connectivity index (χ3v) is 2.76. The standard InChI is InChI=1S/C13H15NO4/c1-17-13(16)5-4-12(15)14-10-2-3-11-9(8-10)6-7-18-11/h2-3,8H,4-7H2,1H3,(H,14,15). The van der Waals surface area contributed by atoms with Crippen LogP contribution in [0.3, 0.4) is 0 Å². The fraction of sp³-hybridized carbons (Fsp3) is 0.385. The van der Waals surface area contributed by atoms with E-state index in [2.05, 4.69) is 10.1 Å². The number of hydrogen-bond acceptors (Lipinski definition) is 4. The van der Waals surface area contributed by atoms with E-state index in [1.165, 1.54) is 7.11 Å². The Balaban J connectivity index is 1.89. The van der Waals surface area contributed by atoms with E-state index in [9.17, 15) is 9.59 Å². The van der Waals surface area contributed by atoms with Crippen LogP contribution in [0.25, 0.3) is 0 Å². The maximum Gasteiger partial charge on any atom is 0.306 e. The molecule has 0 aliphatic carbocycles. The molecule has 1 amide bonds. The smallest absolute Gasteiger partial charge is 0.306 e. The Kier molecular flexibility index (Phi) is 3.82. The lowest BCUT2D eigenvalue weighted by molar-refractivity contribution is -0.141. The summed E-state index contributed by atoms with van der Waals surface area (Å²) in [5.41, 5.74) is 1.83. The molecule has 1 N–H and O–H groups in total. The number of methoxy groups -OCH3 is 1. The second kappa shape index (κ2) is 5.53. The first-order chi connectivity index (χ1) is 8.69. The molecule has 5 nitrogen and oxygen atoms in total. The molecule has 0 unspecified atom stereocenters. The van der Waals surface area contributed by atoms with Crippen LogP contribution in [0.1, 0.15) is 18.4 Å². The summed E-state index contributed by atoms with van der Waals surface area (Å²) in [6.45, 7) is 0.690. The Morgan fingerprint density at radius 2 is 2.22 bits per heavy atom. The predicted octanol–water partition coefficient (Wildman–Crippen LogP) is 1.51. The second-order valence-electron chi connectivity index (χ2n) is 4.05. The summed E-state index contributed by atoms with van der Waals surface area (Å²) >= 11 is 0. The van der Waals surface area contributed by atoms with Gasteiger partial charge in [-0.3, -0.25) is 9.59 Å². The molecule has 18 heavy (non-hydrogen) atoms. The molecular formula is C13H15NO4. The van der Waals surface area contributed by atoms with Crippen LogP contribution < -0.4 is 10.1 Å². The van der Waals surface area contributed by atoms with Gasteiger partial charge < -0.3 is 14.8 Å². The van der Waals surface area contributed by atoms with Crippen molar-refractivity contribution >= 4 is 17.6 Å². The zero-order valence-corrected chi connectivity index (χ0v) is 10.2. The van der Waals surface area contributed by atoms with Crippen LogP contribution in [0, 0.1) is 0 Å². The highest BCUT2D eigenvalue weighted by atomic mass is 16.5. The van der Waals surface area contributed by atoms with Crippen LogP contribution in [0.4, 0.5) is 5.69 Å². The van der Waals surface area contributed by atoms with Gasteiger partial charge in [-0.15, -0.1) is 0 Å². The number of fused-ring (bicyclic) bond motifs is 1. The van der Waals surface area contributed by atoms with E-state index in [1.54, 1.807) is 6.07 Å². The van der Waals surface area contributed by atoms with Crippen LogP contribution in [-0.4, -0.2) is 25.6 Å². The molecule has 0 radical (unpaired) electrons. The molecule has 5 heteroatoms. The maximum atomic E-state index is 11.6. The summed E-state index contributed by atoms with van der Waals surface area (Å²) in [5.74, 6) is 0.300. The fourth-order valence-corrected chi connectivity index (χ4v) is 1.81. The summed E-state index contributed by atoms with van der Waals surface area (Å²) in [6, 6.07) is 5.54. The molecule has 0 fully saturated rings. The minimum Gasteiger partial charge on any atom is -0.493 e. The minimum atomic E-state index is -0.382. The third-order valence-electron chi connectivity index (χ3n) is 2.76. The molecule has 1 aromatic carbocycles. The van der Waals surface area contributed by atoms with Crippen molar-refractivity contribution < 1.29 is 19.1 Å². The highest BCUT2D eigenvalue weighted by Crippen LogP contribution is 2.27. The van der Waals surface area contributed by atoms with E-state index in [-0.39, 0.29) is 24.7 Å². The highest BCUT2D eigenvalue weighted by Gasteiger charge is 2.13. The zero-order valence-electron chi connectivity index (χ0n) is 10.2. The van der Waals surface area contributed by atoms with Crippen molar-refractivity contribution in [3.05, 3.63) is 23.8 Å². The summed E-state index contributed by atoms with van der Waals surface area (Å²) in [7, 11) is 1.31. The number of ether oxygens (including phenoxy) is 2. The fourth-order valence-electron chi connectivity index (χ4n) is 1.81. The lowest BCUT2D eigenvalue weighted by atomic mass is 10.1. The molecular weight excluding hydrogens is 234 g/mol. The number of nitrogens with one attached hydrogen (secondary N) is 1. The maximum absolute atomic E-state index is 11.6. The topological polar surface area (TPSA) is 64.6 Å². The zero-order chi connectivity index (χ0) is 13.0. The van der Waals surface area contributed by atoms with Gasteiger partial charge in [-0.05, 0) is 23.8 Å². The molecule has 1 aromatic rings. The predicted molar refractivity (Wildman–Crippen MR) is 65.5 cm³/mol. The summed E-state index contributed by atoms with van der Waals surface area (Å²) in [5, 5.41) is 2.75. The van der Waals surface area contributed by atoms with Gasteiger partial charge in [0.15, 0.2) is 0 Å². The van der Waals surface area contributed by atoms with E-state index in [4.69, 9.17) is 4.74 Å². The monoisotopic (exact) mass is 249 g/mol. The van der Waals surface area contributed by atoms with Crippen molar-refractivity contribution in [1.82, 2.24) is 0 Å². The molecule has 0 aromatic heterocycles. The number of benzene rings is 1. The number of rotatable bonds is 4. The first kappa shape index (κ1) is 12.4. The van der Waals surface area contributed by atoms with Gasteiger partial charge in [-0.2, -0.15) is 0 Å². The Hall–Kier alpha value is -2.04. The quantitative estimate of drug-likeness (QED) is 0.821. The average molecular weight is 249 g/mol. The van der Waals surface area contributed by atoms with Crippen LogP contribution in [0.2, 0.25) is 0 Å². The largest absolute Gasteiger partial charge is 0.493 e. The van der Waals surface area contributed by atoms with E-state index < -0.39 is 0 Å². The van der Waals surface area contributed by atoms with Gasteiger partial charge in [0, 0.05) is 18.5 Å². The lowest BCUT2D eigenvalue weighted by Crippen LogP contribution is -2.13. The van der Waals surface area contributed by atoms with Crippen LogP contribution >= 0.6 is 0 Å². The van der Waals surface area contributed by atoms with Crippen molar-refractivity contribution in [2.24, 2.45) is 0 Å². The first-order valence-electron chi connectivity index (χ1n) is 5.81. The summed E-state index contributed by atoms with van der Waals surface area (Å²) in [6.07, 6.45) is 1.08. The SMILES string of the molecule is COC(=O)CCC(=O)Nc1ccc2c(c1)CCO2.